The third-order valence-electron chi connectivity index (χ3n) is 3.76. The molecule has 0 saturated carbocycles. The molecule has 0 spiro atoms. The van der Waals surface area contributed by atoms with Gasteiger partial charge in [0.05, 0.1) is 5.56 Å². The van der Waals surface area contributed by atoms with Gasteiger partial charge >= 0.3 is 6.18 Å². The van der Waals surface area contributed by atoms with Crippen LogP contribution in [0.4, 0.5) is 18.9 Å². The minimum Gasteiger partial charge on any atom is -0.322 e. The number of amides is 1. The van der Waals surface area contributed by atoms with Gasteiger partial charge in [0, 0.05) is 11.3 Å². The number of alkyl halides is 3. The summed E-state index contributed by atoms with van der Waals surface area (Å²) in [6.07, 6.45) is -4.47. The predicted molar refractivity (Wildman–Crippen MR) is 89.3 cm³/mol. The number of benzene rings is 2. The molecule has 2 rings (SSSR count). The first-order valence-electron chi connectivity index (χ1n) is 7.58. The quantitative estimate of drug-likeness (QED) is 0.764. The molecule has 2 nitrogen and oxygen atoms in total. The molecule has 5 heteroatoms. The minimum atomic E-state index is -4.47. The van der Waals surface area contributed by atoms with Crippen molar-refractivity contribution in [2.45, 2.75) is 39.3 Å². The monoisotopic (exact) mass is 335 g/mol. The summed E-state index contributed by atoms with van der Waals surface area (Å²) in [5.41, 5.74) is 1.77. The third-order valence-corrected chi connectivity index (χ3v) is 3.76. The van der Waals surface area contributed by atoms with Crippen LogP contribution in [0.1, 0.15) is 47.8 Å². The molecule has 0 aliphatic carbocycles. The van der Waals surface area contributed by atoms with E-state index in [1.165, 1.54) is 12.1 Å². The summed E-state index contributed by atoms with van der Waals surface area (Å²) in [6.45, 7) is 8.17. The molecule has 0 heterocycles. The van der Waals surface area contributed by atoms with E-state index in [4.69, 9.17) is 0 Å². The van der Waals surface area contributed by atoms with E-state index < -0.39 is 17.6 Å². The molecule has 0 unspecified atom stereocenters. The van der Waals surface area contributed by atoms with Crippen LogP contribution in [0, 0.1) is 6.92 Å². The lowest BCUT2D eigenvalue weighted by atomic mass is 9.84. The van der Waals surface area contributed by atoms with Gasteiger partial charge in [-0.15, -0.1) is 0 Å². The zero-order valence-corrected chi connectivity index (χ0v) is 14.1. The maximum Gasteiger partial charge on any atom is 0.416 e. The predicted octanol–water partition coefficient (Wildman–Crippen LogP) is 5.56. The van der Waals surface area contributed by atoms with Crippen molar-refractivity contribution in [3.8, 4) is 0 Å². The fourth-order valence-electron chi connectivity index (χ4n) is 2.55. The van der Waals surface area contributed by atoms with E-state index in [1.807, 2.05) is 19.1 Å². The van der Waals surface area contributed by atoms with Crippen LogP contribution < -0.4 is 5.32 Å². The van der Waals surface area contributed by atoms with Crippen molar-refractivity contribution < 1.29 is 18.0 Å². The van der Waals surface area contributed by atoms with Gasteiger partial charge in [0.1, 0.15) is 0 Å². The zero-order valence-electron chi connectivity index (χ0n) is 14.1. The van der Waals surface area contributed by atoms with Gasteiger partial charge in [-0.25, -0.2) is 0 Å². The van der Waals surface area contributed by atoms with E-state index in [9.17, 15) is 18.0 Å². The van der Waals surface area contributed by atoms with Crippen molar-refractivity contribution in [3.05, 3.63) is 64.7 Å². The van der Waals surface area contributed by atoms with E-state index in [0.29, 0.717) is 5.69 Å². The normalized spacial score (nSPS) is 12.1. The van der Waals surface area contributed by atoms with Crippen LogP contribution in [0.25, 0.3) is 0 Å². The van der Waals surface area contributed by atoms with Gasteiger partial charge in [-0.1, -0.05) is 32.9 Å². The van der Waals surface area contributed by atoms with Crippen LogP contribution in [0.2, 0.25) is 0 Å². The number of rotatable bonds is 2. The first kappa shape index (κ1) is 18.0. The van der Waals surface area contributed by atoms with Crippen molar-refractivity contribution in [1.82, 2.24) is 0 Å². The van der Waals surface area contributed by atoms with Crippen LogP contribution in [0.15, 0.2) is 42.5 Å². The highest BCUT2D eigenvalue weighted by molar-refractivity contribution is 6.04. The number of hydrogen-bond donors (Lipinski definition) is 1. The molecule has 0 atom stereocenters. The molecule has 0 radical (unpaired) electrons. The summed E-state index contributed by atoms with van der Waals surface area (Å²) in [4.78, 5) is 12.3. The maximum atomic E-state index is 12.8. The zero-order chi connectivity index (χ0) is 18.1. The van der Waals surface area contributed by atoms with E-state index in [-0.39, 0.29) is 11.0 Å². The molecule has 1 amide bonds. The highest BCUT2D eigenvalue weighted by Crippen LogP contribution is 2.30. The first-order valence-corrected chi connectivity index (χ1v) is 7.58. The van der Waals surface area contributed by atoms with Crippen LogP contribution >= 0.6 is 0 Å². The average molecular weight is 335 g/mol. The molecule has 0 aliphatic rings. The fourth-order valence-corrected chi connectivity index (χ4v) is 2.55. The number of carbonyl (C=O) groups is 1. The highest BCUT2D eigenvalue weighted by Gasteiger charge is 2.30. The van der Waals surface area contributed by atoms with Crippen molar-refractivity contribution in [1.29, 1.82) is 0 Å². The summed E-state index contributed by atoms with van der Waals surface area (Å²) in [6, 6.07) is 9.89. The molecule has 24 heavy (non-hydrogen) atoms. The summed E-state index contributed by atoms with van der Waals surface area (Å²) in [5, 5.41) is 2.67. The SMILES string of the molecule is Cc1ccc(NC(=O)c2cccc(C(F)(F)F)c2)cc1C(C)(C)C. The minimum absolute atomic E-state index is 0.0253. The summed E-state index contributed by atoms with van der Waals surface area (Å²) >= 11 is 0. The van der Waals surface area contributed by atoms with Crippen LogP contribution in [0.3, 0.4) is 0 Å². The van der Waals surface area contributed by atoms with Gasteiger partial charge < -0.3 is 5.32 Å². The maximum absolute atomic E-state index is 12.8. The Kier molecular flexibility index (Phi) is 4.74. The molecular formula is C19H20F3NO. The van der Waals surface area contributed by atoms with Gasteiger partial charge in [0.25, 0.3) is 5.91 Å². The van der Waals surface area contributed by atoms with Crippen LogP contribution in [0.5, 0.6) is 0 Å². The molecule has 2 aromatic carbocycles. The van der Waals surface area contributed by atoms with E-state index in [1.54, 1.807) is 6.07 Å². The lowest BCUT2D eigenvalue weighted by Gasteiger charge is -2.22. The second kappa shape index (κ2) is 6.30. The Morgan fingerprint density at radius 1 is 1.00 bits per heavy atom. The van der Waals surface area contributed by atoms with Gasteiger partial charge in [-0.3, -0.25) is 4.79 Å². The van der Waals surface area contributed by atoms with Gasteiger partial charge in [-0.05, 0) is 53.8 Å². The van der Waals surface area contributed by atoms with Gasteiger partial charge in [0.15, 0.2) is 0 Å². The average Bonchev–Trinajstić information content (AvgIpc) is 2.47. The molecule has 0 fully saturated rings. The number of nitrogens with one attached hydrogen (secondary N) is 1. The Bertz CT molecular complexity index is 758. The Morgan fingerprint density at radius 3 is 2.25 bits per heavy atom. The Hall–Kier alpha value is -2.30. The Morgan fingerprint density at radius 2 is 1.67 bits per heavy atom. The van der Waals surface area contributed by atoms with E-state index in [2.05, 4.69) is 26.1 Å². The van der Waals surface area contributed by atoms with Crippen molar-refractivity contribution in [2.75, 3.05) is 5.32 Å². The Labute approximate surface area is 139 Å². The lowest BCUT2D eigenvalue weighted by Crippen LogP contribution is -2.16. The third kappa shape index (κ3) is 4.16. The molecular weight excluding hydrogens is 315 g/mol. The summed E-state index contributed by atoms with van der Waals surface area (Å²) < 4.78 is 38.3. The van der Waals surface area contributed by atoms with E-state index >= 15 is 0 Å². The fraction of sp³-hybridized carbons (Fsp3) is 0.316. The van der Waals surface area contributed by atoms with Gasteiger partial charge in [-0.2, -0.15) is 13.2 Å². The number of halogens is 3. The van der Waals surface area contributed by atoms with Crippen LogP contribution in [-0.2, 0) is 11.6 Å². The van der Waals surface area contributed by atoms with Crippen molar-refractivity contribution in [2.24, 2.45) is 0 Å². The molecule has 1 N–H and O–H groups in total. The molecule has 0 bridgehead atoms. The first-order chi connectivity index (χ1) is 11.0. The van der Waals surface area contributed by atoms with Crippen LogP contribution in [-0.4, -0.2) is 5.91 Å². The second-order valence-corrected chi connectivity index (χ2v) is 6.81. The van der Waals surface area contributed by atoms with E-state index in [0.717, 1.165) is 23.3 Å². The van der Waals surface area contributed by atoms with Crippen molar-refractivity contribution in [3.63, 3.8) is 0 Å². The van der Waals surface area contributed by atoms with Crippen molar-refractivity contribution >= 4 is 11.6 Å². The standard InChI is InChI=1S/C19H20F3NO/c1-12-8-9-15(11-16(12)18(2,3)4)23-17(24)13-6-5-7-14(10-13)19(20,21)22/h5-11H,1-4H3,(H,23,24). The smallest absolute Gasteiger partial charge is 0.322 e. The molecule has 0 aliphatic heterocycles. The highest BCUT2D eigenvalue weighted by atomic mass is 19.4. The topological polar surface area (TPSA) is 29.1 Å². The summed E-state index contributed by atoms with van der Waals surface area (Å²) in [7, 11) is 0. The molecule has 0 saturated heterocycles. The second-order valence-electron chi connectivity index (χ2n) is 6.81. The van der Waals surface area contributed by atoms with Gasteiger partial charge in [0.2, 0.25) is 0 Å². The Balaban J connectivity index is 2.28. The molecule has 128 valence electrons. The number of aryl methyl sites for hydroxylation is 1. The number of anilines is 1. The molecule has 2 aromatic rings. The number of carbonyl (C=O) groups excluding carboxylic acids is 1. The summed E-state index contributed by atoms with van der Waals surface area (Å²) in [5.74, 6) is -0.565. The largest absolute Gasteiger partial charge is 0.416 e. The lowest BCUT2D eigenvalue weighted by molar-refractivity contribution is -0.137. The molecule has 0 aromatic heterocycles. The number of hydrogen-bond acceptors (Lipinski definition) is 1.